The summed E-state index contributed by atoms with van der Waals surface area (Å²) in [4.78, 5) is 22.9. The third-order valence-corrected chi connectivity index (χ3v) is 6.15. The molecule has 33 heavy (non-hydrogen) atoms. The summed E-state index contributed by atoms with van der Waals surface area (Å²) >= 11 is 7.65. The first-order valence-electron chi connectivity index (χ1n) is 9.69. The summed E-state index contributed by atoms with van der Waals surface area (Å²) in [5.74, 6) is -3.77. The minimum absolute atomic E-state index is 0.167. The van der Waals surface area contributed by atoms with Crippen LogP contribution >= 0.6 is 22.9 Å². The molecule has 2 N–H and O–H groups in total. The number of halogens is 4. The predicted molar refractivity (Wildman–Crippen MR) is 121 cm³/mol. The molecule has 0 aliphatic heterocycles. The number of carboxylic acids is 2. The van der Waals surface area contributed by atoms with Crippen LogP contribution in [0.15, 0.2) is 42.5 Å². The summed E-state index contributed by atoms with van der Waals surface area (Å²) in [6.45, 7) is 0.985. The molecular weight excluding hydrogens is 481 g/mol. The number of benzene rings is 2. The summed E-state index contributed by atoms with van der Waals surface area (Å²) in [5.41, 5.74) is 1.46. The van der Waals surface area contributed by atoms with Gasteiger partial charge in [0.05, 0.1) is 0 Å². The summed E-state index contributed by atoms with van der Waals surface area (Å²) in [7, 11) is 0. The molecule has 1 heterocycles. The monoisotopic (exact) mass is 499 g/mol. The Morgan fingerprint density at radius 1 is 1.12 bits per heavy atom. The zero-order valence-corrected chi connectivity index (χ0v) is 18.8. The molecule has 3 rings (SSSR count). The van der Waals surface area contributed by atoms with Crippen molar-refractivity contribution < 1.29 is 37.5 Å². The van der Waals surface area contributed by atoms with Gasteiger partial charge in [0.2, 0.25) is 11.6 Å². The van der Waals surface area contributed by atoms with E-state index in [2.05, 4.69) is 4.57 Å². The van der Waals surface area contributed by atoms with Gasteiger partial charge in [-0.3, -0.25) is 0 Å². The van der Waals surface area contributed by atoms with Gasteiger partial charge in [-0.25, -0.2) is 9.59 Å². The molecular formula is C22H19ClF3N2O4S+. The second-order valence-corrected chi connectivity index (χ2v) is 8.54. The van der Waals surface area contributed by atoms with Gasteiger partial charge in [-0.1, -0.05) is 35.1 Å². The van der Waals surface area contributed by atoms with E-state index in [0.717, 1.165) is 15.2 Å². The third-order valence-electron chi connectivity index (χ3n) is 4.78. The lowest BCUT2D eigenvalue weighted by Gasteiger charge is -2.29. The second-order valence-electron chi connectivity index (χ2n) is 7.04. The van der Waals surface area contributed by atoms with Crippen LogP contribution in [0.5, 0.6) is 0 Å². The number of nitrogens with zero attached hydrogens (tertiary/aromatic N) is 2. The molecule has 174 valence electrons. The number of alkyl halides is 3. The first-order chi connectivity index (χ1) is 15.5. The van der Waals surface area contributed by atoms with E-state index in [1.54, 1.807) is 23.5 Å². The molecule has 6 nitrogen and oxygen atoms in total. The normalized spacial score (nSPS) is 12.1. The van der Waals surface area contributed by atoms with Crippen molar-refractivity contribution >= 4 is 62.9 Å². The van der Waals surface area contributed by atoms with Crippen molar-refractivity contribution in [1.82, 2.24) is 0 Å². The van der Waals surface area contributed by atoms with Crippen LogP contribution in [0.4, 0.5) is 18.9 Å². The number of hydrogen-bond acceptors (Lipinski definition) is 4. The Morgan fingerprint density at radius 2 is 1.76 bits per heavy atom. The fourth-order valence-corrected chi connectivity index (χ4v) is 4.64. The van der Waals surface area contributed by atoms with Gasteiger partial charge in [0, 0.05) is 22.9 Å². The van der Waals surface area contributed by atoms with E-state index in [1.807, 2.05) is 25.1 Å². The number of thiazole rings is 1. The highest BCUT2D eigenvalue weighted by Gasteiger charge is 2.40. The average Bonchev–Trinajstić information content (AvgIpc) is 3.07. The summed E-state index contributed by atoms with van der Waals surface area (Å²) < 4.78 is 42.1. The summed E-state index contributed by atoms with van der Waals surface area (Å²) in [5, 5.41) is 19.9. The molecule has 0 atom stereocenters. The third kappa shape index (κ3) is 5.82. The van der Waals surface area contributed by atoms with E-state index in [4.69, 9.17) is 21.8 Å². The highest BCUT2D eigenvalue weighted by molar-refractivity contribution is 7.18. The number of aryl methyl sites for hydroxylation is 1. The number of carbonyl (C=O) groups is 2. The molecule has 1 aromatic heterocycles. The van der Waals surface area contributed by atoms with E-state index in [1.165, 1.54) is 24.3 Å². The number of anilines is 1. The molecule has 0 spiro atoms. The number of hydrogen-bond donors (Lipinski definition) is 2. The average molecular weight is 500 g/mol. The van der Waals surface area contributed by atoms with E-state index < -0.39 is 30.7 Å². The largest absolute Gasteiger partial charge is 0.479 e. The molecule has 11 heteroatoms. The number of carboxylic acid groups (broad SMARTS) is 2. The Hall–Kier alpha value is -3.11. The maximum atomic E-state index is 13.0. The zero-order chi connectivity index (χ0) is 24.3. The molecule has 2 aromatic carbocycles. The van der Waals surface area contributed by atoms with Crippen LogP contribution in [0.3, 0.4) is 0 Å². The molecule has 0 bridgehead atoms. The fraction of sp³-hybridized carbons (Fsp3) is 0.227. The van der Waals surface area contributed by atoms with Gasteiger partial charge in [-0.15, -0.1) is 0 Å². The van der Waals surface area contributed by atoms with Crippen molar-refractivity contribution in [1.29, 1.82) is 0 Å². The van der Waals surface area contributed by atoms with Crippen molar-refractivity contribution in [3.05, 3.63) is 58.1 Å². The van der Waals surface area contributed by atoms with Crippen LogP contribution in [-0.2, 0) is 16.1 Å². The number of fused-ring (bicyclic) bond motifs is 1. The predicted octanol–water partition coefficient (Wildman–Crippen LogP) is 4.94. The van der Waals surface area contributed by atoms with Crippen molar-refractivity contribution in [2.24, 2.45) is 0 Å². The van der Waals surface area contributed by atoms with Gasteiger partial charge in [-0.2, -0.15) is 17.7 Å². The number of aliphatic carboxylic acids is 2. The van der Waals surface area contributed by atoms with Gasteiger partial charge in [0.15, 0.2) is 0 Å². The summed E-state index contributed by atoms with van der Waals surface area (Å²) in [6.07, 6.45) is -1.16. The summed E-state index contributed by atoms with van der Waals surface area (Å²) in [6, 6.07) is 8.76. The topological polar surface area (TPSA) is 81.7 Å². The van der Waals surface area contributed by atoms with Crippen LogP contribution in [0.2, 0.25) is 5.02 Å². The Labute approximate surface area is 195 Å². The molecule has 0 fully saturated rings. The minimum Gasteiger partial charge on any atom is -0.479 e. The standard InChI is InChI=1S/C22H18ClF3N2O4S/c1-2-27-16-11-14(23)6-9-17(16)33-18(27)10-5-13-3-7-15(8-4-13)28(12-22(24,25)26)19(20(29)30)21(31)32/h3-11,19H,2,12H2,1H3,(H-,29,30,31,32)/p+1. The maximum absolute atomic E-state index is 13.0. The van der Waals surface area contributed by atoms with E-state index in [9.17, 15) is 22.8 Å². The smallest absolute Gasteiger partial charge is 0.405 e. The highest BCUT2D eigenvalue weighted by atomic mass is 35.5. The minimum atomic E-state index is -4.79. The molecule has 0 aliphatic rings. The second kappa shape index (κ2) is 9.80. The van der Waals surface area contributed by atoms with Gasteiger partial charge in [-0.05, 0) is 42.8 Å². The van der Waals surface area contributed by atoms with Gasteiger partial charge >= 0.3 is 18.1 Å². The van der Waals surface area contributed by atoms with Crippen LogP contribution in [0.1, 0.15) is 17.5 Å². The van der Waals surface area contributed by atoms with Gasteiger partial charge < -0.3 is 15.1 Å². The highest BCUT2D eigenvalue weighted by Crippen LogP contribution is 2.27. The van der Waals surface area contributed by atoms with Crippen molar-refractivity contribution in [2.45, 2.75) is 25.7 Å². The molecule has 0 saturated heterocycles. The lowest BCUT2D eigenvalue weighted by Crippen LogP contribution is -2.50. The SMILES string of the molecule is CC[n+]1c(/C=C/c2ccc(N(CC(F)(F)F)C(C(=O)O)C(=O)O)cc2)sc2ccc(Cl)cc21. The lowest BCUT2D eigenvalue weighted by atomic mass is 10.1. The van der Waals surface area contributed by atoms with E-state index in [0.29, 0.717) is 22.0 Å². The number of aromatic nitrogens is 1. The van der Waals surface area contributed by atoms with Crippen molar-refractivity contribution in [3.63, 3.8) is 0 Å². The Bertz CT molecular complexity index is 1190. The number of rotatable bonds is 8. The van der Waals surface area contributed by atoms with Gasteiger partial charge in [0.25, 0.3) is 5.01 Å². The molecule has 0 amide bonds. The maximum Gasteiger partial charge on any atom is 0.405 e. The van der Waals surface area contributed by atoms with Crippen LogP contribution < -0.4 is 9.47 Å². The molecule has 0 unspecified atom stereocenters. The van der Waals surface area contributed by atoms with Crippen molar-refractivity contribution in [2.75, 3.05) is 11.4 Å². The Kier molecular flexibility index (Phi) is 7.28. The molecule has 0 radical (unpaired) electrons. The quantitative estimate of drug-likeness (QED) is 0.339. The lowest BCUT2D eigenvalue weighted by molar-refractivity contribution is -0.665. The van der Waals surface area contributed by atoms with Crippen LogP contribution in [0.25, 0.3) is 22.4 Å². The molecule has 0 aliphatic carbocycles. The Morgan fingerprint density at radius 3 is 2.30 bits per heavy atom. The molecule has 3 aromatic rings. The van der Waals surface area contributed by atoms with Crippen molar-refractivity contribution in [3.8, 4) is 0 Å². The molecule has 0 saturated carbocycles. The van der Waals surface area contributed by atoms with Gasteiger partial charge in [0.1, 0.15) is 17.8 Å². The van der Waals surface area contributed by atoms with E-state index >= 15 is 0 Å². The van der Waals surface area contributed by atoms with Crippen LogP contribution in [0, 0.1) is 0 Å². The Balaban J connectivity index is 1.91. The first kappa shape index (κ1) is 24.5. The van der Waals surface area contributed by atoms with E-state index in [-0.39, 0.29) is 5.69 Å². The zero-order valence-electron chi connectivity index (χ0n) is 17.2. The van der Waals surface area contributed by atoms with Crippen LogP contribution in [-0.4, -0.2) is 40.9 Å². The first-order valence-corrected chi connectivity index (χ1v) is 10.9. The fourth-order valence-electron chi connectivity index (χ4n) is 3.37.